The number of amides is 3. The summed E-state index contributed by atoms with van der Waals surface area (Å²) in [5, 5.41) is 4.77. The zero-order valence-corrected chi connectivity index (χ0v) is 28.1. The zero-order chi connectivity index (χ0) is 37.6. The van der Waals surface area contributed by atoms with Crippen LogP contribution in [0, 0.1) is 11.6 Å². The average molecular weight is 713 g/mol. The highest BCUT2D eigenvalue weighted by molar-refractivity contribution is 5.96. The molecule has 0 saturated heterocycles. The average Bonchev–Trinajstić information content (AvgIpc) is 3.36. The molecule has 2 N–H and O–H groups in total. The van der Waals surface area contributed by atoms with Gasteiger partial charge < -0.3 is 29.6 Å². The van der Waals surface area contributed by atoms with Gasteiger partial charge in [-0.2, -0.15) is 13.2 Å². The van der Waals surface area contributed by atoms with E-state index in [9.17, 15) is 45.9 Å². The lowest BCUT2D eigenvalue weighted by molar-refractivity contribution is -0.134. The van der Waals surface area contributed by atoms with Crippen molar-refractivity contribution in [3.05, 3.63) is 69.9 Å². The number of pyridine rings is 1. The van der Waals surface area contributed by atoms with Crippen molar-refractivity contribution in [2.24, 2.45) is 0 Å². The summed E-state index contributed by atoms with van der Waals surface area (Å²) in [6.45, 7) is 4.01. The number of hydrogen-bond donors (Lipinski definition) is 2. The summed E-state index contributed by atoms with van der Waals surface area (Å²) in [6.07, 6.45) is -5.06. The maximum absolute atomic E-state index is 14.9. The molecular formula is C32H37F5N6O7. The van der Waals surface area contributed by atoms with Gasteiger partial charge in [-0.05, 0) is 58.2 Å². The molecule has 0 aliphatic carbocycles. The van der Waals surface area contributed by atoms with E-state index in [4.69, 9.17) is 4.74 Å². The first-order valence-corrected chi connectivity index (χ1v) is 15.1. The number of nitrogens with zero attached hydrogens (tertiary/aromatic N) is 4. The van der Waals surface area contributed by atoms with E-state index < -0.39 is 83.6 Å². The minimum Gasteiger partial charge on any atom is -0.453 e. The van der Waals surface area contributed by atoms with Crippen molar-refractivity contribution in [2.45, 2.75) is 70.8 Å². The van der Waals surface area contributed by atoms with Crippen LogP contribution in [0.3, 0.4) is 0 Å². The summed E-state index contributed by atoms with van der Waals surface area (Å²) >= 11 is 0. The van der Waals surface area contributed by atoms with Gasteiger partial charge in [-0.1, -0.05) is 6.08 Å². The summed E-state index contributed by atoms with van der Waals surface area (Å²) in [6, 6.07) is 1.98. The number of methoxy groups -OCH3 is 1. The summed E-state index contributed by atoms with van der Waals surface area (Å²) in [5.41, 5.74) is -3.78. The topological polar surface area (TPSA) is 154 Å². The molecule has 18 heteroatoms. The molecule has 0 saturated carbocycles. The summed E-state index contributed by atoms with van der Waals surface area (Å²) in [5.74, 6) is -4.53. The molecule has 2 aromatic heterocycles. The number of ether oxygens (including phenoxy) is 2. The van der Waals surface area contributed by atoms with Crippen molar-refractivity contribution in [2.75, 3.05) is 26.5 Å². The summed E-state index contributed by atoms with van der Waals surface area (Å²) in [7, 11) is 4.19. The van der Waals surface area contributed by atoms with Crippen molar-refractivity contribution in [3.63, 3.8) is 0 Å². The Balaban J connectivity index is 2.02. The molecule has 0 spiro atoms. The van der Waals surface area contributed by atoms with E-state index in [0.29, 0.717) is 6.07 Å². The molecule has 0 fully saturated rings. The van der Waals surface area contributed by atoms with Gasteiger partial charge in [0.05, 0.1) is 24.7 Å². The largest absolute Gasteiger partial charge is 0.453 e. The molecule has 0 radical (unpaired) electrons. The van der Waals surface area contributed by atoms with Gasteiger partial charge in [-0.3, -0.25) is 14.4 Å². The van der Waals surface area contributed by atoms with Crippen LogP contribution in [0.25, 0.3) is 11.0 Å². The standard InChI is InChI=1S/C32H37F5N6O7/c1-31(2,3)50-30(48)43-22-16-19(33)25(34)18(13-14-32(35,36)37)26(22)40-23(43)17-42-15-9-11-21(28(42)46)38-27(45)20(39-29(47)49-6)10-7-8-12-24(44)41(4)5/h8-9,11-12,15-16,20H,7,10,13-14,17H2,1-6H3,(H,38,45)(H,39,47)/b12-8+/t20-/m0/s1. The van der Waals surface area contributed by atoms with Crippen molar-refractivity contribution < 1.29 is 50.6 Å². The molecule has 272 valence electrons. The predicted molar refractivity (Wildman–Crippen MR) is 170 cm³/mol. The Labute approximate surface area is 283 Å². The number of fused-ring (bicyclic) bond motifs is 1. The normalized spacial score (nSPS) is 12.5. The Morgan fingerprint density at radius 1 is 1.12 bits per heavy atom. The van der Waals surface area contributed by atoms with E-state index in [1.807, 2.05) is 0 Å². The highest BCUT2D eigenvalue weighted by Crippen LogP contribution is 2.30. The summed E-state index contributed by atoms with van der Waals surface area (Å²) in [4.78, 5) is 69.3. The van der Waals surface area contributed by atoms with Crippen LogP contribution in [-0.2, 0) is 32.0 Å². The molecule has 0 aliphatic heterocycles. The quantitative estimate of drug-likeness (QED) is 0.211. The molecule has 3 rings (SSSR count). The lowest BCUT2D eigenvalue weighted by Gasteiger charge is -2.21. The highest BCUT2D eigenvalue weighted by atomic mass is 19.4. The van der Waals surface area contributed by atoms with Crippen molar-refractivity contribution in [1.82, 2.24) is 24.3 Å². The van der Waals surface area contributed by atoms with E-state index in [1.165, 1.54) is 56.2 Å². The van der Waals surface area contributed by atoms with Crippen LogP contribution in [-0.4, -0.2) is 82.0 Å². The van der Waals surface area contributed by atoms with Crippen LogP contribution < -0.4 is 16.2 Å². The maximum atomic E-state index is 14.9. The molecule has 0 bridgehead atoms. The van der Waals surface area contributed by atoms with Crippen LogP contribution in [0.1, 0.15) is 51.4 Å². The second-order valence-electron chi connectivity index (χ2n) is 12.2. The second-order valence-corrected chi connectivity index (χ2v) is 12.2. The van der Waals surface area contributed by atoms with Crippen LogP contribution in [0.5, 0.6) is 0 Å². The highest BCUT2D eigenvalue weighted by Gasteiger charge is 2.31. The van der Waals surface area contributed by atoms with Crippen molar-refractivity contribution >= 4 is 40.7 Å². The number of halogens is 5. The predicted octanol–water partition coefficient (Wildman–Crippen LogP) is 4.89. The number of anilines is 1. The number of rotatable bonds is 11. The van der Waals surface area contributed by atoms with Gasteiger partial charge in [0, 0.05) is 38.3 Å². The smallest absolute Gasteiger partial charge is 0.420 e. The number of nitrogens with one attached hydrogen (secondary N) is 2. The number of aromatic nitrogens is 3. The van der Waals surface area contributed by atoms with Crippen LogP contribution in [0.4, 0.5) is 37.2 Å². The molecule has 3 aromatic rings. The maximum Gasteiger partial charge on any atom is 0.420 e. The van der Waals surface area contributed by atoms with Crippen molar-refractivity contribution in [3.8, 4) is 0 Å². The second kappa shape index (κ2) is 15.9. The number of imidazole rings is 1. The van der Waals surface area contributed by atoms with Gasteiger partial charge in [0.15, 0.2) is 11.6 Å². The Morgan fingerprint density at radius 3 is 2.40 bits per heavy atom. The monoisotopic (exact) mass is 712 g/mol. The third-order valence-corrected chi connectivity index (χ3v) is 6.95. The number of hydrogen-bond acceptors (Lipinski definition) is 8. The van der Waals surface area contributed by atoms with Gasteiger partial charge >= 0.3 is 18.4 Å². The van der Waals surface area contributed by atoms with E-state index in [1.54, 1.807) is 14.1 Å². The first-order chi connectivity index (χ1) is 23.2. The number of allylic oxidation sites excluding steroid dienone is 1. The molecular weight excluding hydrogens is 675 g/mol. The Hall–Kier alpha value is -5.29. The lowest BCUT2D eigenvalue weighted by atomic mass is 10.1. The fourth-order valence-corrected chi connectivity index (χ4v) is 4.57. The number of benzene rings is 1. The van der Waals surface area contributed by atoms with Gasteiger partial charge in [0.2, 0.25) is 11.8 Å². The van der Waals surface area contributed by atoms with E-state index in [2.05, 4.69) is 20.4 Å². The molecule has 50 heavy (non-hydrogen) atoms. The fourth-order valence-electron chi connectivity index (χ4n) is 4.57. The molecule has 0 unspecified atom stereocenters. The number of carbonyl (C=O) groups is 4. The Kier molecular flexibility index (Phi) is 12.5. The van der Waals surface area contributed by atoms with E-state index in [0.717, 1.165) is 16.2 Å². The summed E-state index contributed by atoms with van der Waals surface area (Å²) < 4.78 is 80.5. The minimum atomic E-state index is -4.72. The number of likely N-dealkylation sites (N-methyl/N-ethyl adjacent to an activating group) is 1. The SMILES string of the molecule is COC(=O)N[C@@H](CC/C=C/C(=O)N(C)C)C(=O)Nc1cccn(Cc2nc3c(CCC(F)(F)F)c(F)c(F)cc3n2C(=O)OC(C)(C)C)c1=O. The number of carbonyl (C=O) groups excluding carboxylic acids is 4. The van der Waals surface area contributed by atoms with Crippen LogP contribution in [0.15, 0.2) is 41.3 Å². The first-order valence-electron chi connectivity index (χ1n) is 15.1. The molecule has 3 amide bonds. The van der Waals surface area contributed by atoms with Crippen LogP contribution >= 0.6 is 0 Å². The minimum absolute atomic E-state index is 0.00285. The first kappa shape index (κ1) is 39.2. The van der Waals surface area contributed by atoms with Gasteiger partial charge in [-0.15, -0.1) is 0 Å². The zero-order valence-electron chi connectivity index (χ0n) is 28.1. The molecule has 13 nitrogen and oxygen atoms in total. The Bertz CT molecular complexity index is 1840. The Morgan fingerprint density at radius 2 is 1.80 bits per heavy atom. The van der Waals surface area contributed by atoms with Gasteiger partial charge in [-0.25, -0.2) is 27.9 Å². The molecule has 0 aliphatic rings. The van der Waals surface area contributed by atoms with Gasteiger partial charge in [0.1, 0.15) is 23.2 Å². The van der Waals surface area contributed by atoms with E-state index in [-0.39, 0.29) is 35.8 Å². The fraction of sp³-hybridized carbons (Fsp3) is 0.438. The van der Waals surface area contributed by atoms with Crippen LogP contribution in [0.2, 0.25) is 0 Å². The van der Waals surface area contributed by atoms with Gasteiger partial charge in [0.25, 0.3) is 5.56 Å². The molecule has 1 atom stereocenters. The van der Waals surface area contributed by atoms with Crippen molar-refractivity contribution in [1.29, 1.82) is 0 Å². The third kappa shape index (κ3) is 10.4. The lowest BCUT2D eigenvalue weighted by Crippen LogP contribution is -2.44. The molecule has 2 heterocycles. The number of aryl methyl sites for hydroxylation is 1. The van der Waals surface area contributed by atoms with E-state index >= 15 is 0 Å². The third-order valence-electron chi connectivity index (χ3n) is 6.95. The number of alkyl halides is 3. The molecule has 1 aromatic carbocycles. The number of alkyl carbamates (subject to hydrolysis) is 1.